The predicted molar refractivity (Wildman–Crippen MR) is 82.8 cm³/mol. The van der Waals surface area contributed by atoms with Crippen molar-refractivity contribution in [1.82, 2.24) is 5.32 Å². The Kier molecular flexibility index (Phi) is 7.16. The van der Waals surface area contributed by atoms with Crippen molar-refractivity contribution in [2.24, 2.45) is 0 Å². The summed E-state index contributed by atoms with van der Waals surface area (Å²) in [7, 11) is 0. The first-order valence-corrected chi connectivity index (χ1v) is 8.13. The number of ether oxygens (including phenoxy) is 1. The highest BCUT2D eigenvalue weighted by Gasteiger charge is 2.35. The van der Waals surface area contributed by atoms with Gasteiger partial charge >= 0.3 is 5.97 Å². The largest absolute Gasteiger partial charge is 0.468 e. The molecule has 0 fully saturated rings. The average molecular weight is 299 g/mol. The first-order valence-electron chi connectivity index (χ1n) is 7.08. The minimum Gasteiger partial charge on any atom is -0.468 e. The summed E-state index contributed by atoms with van der Waals surface area (Å²) >= 11 is 1.78. The third kappa shape index (κ3) is 5.21. The van der Waals surface area contributed by atoms with Crippen LogP contribution in [-0.4, -0.2) is 29.9 Å². The van der Waals surface area contributed by atoms with Gasteiger partial charge in [-0.3, -0.25) is 4.79 Å². The van der Waals surface area contributed by atoms with Crippen molar-refractivity contribution >= 4 is 17.7 Å². The SMILES string of the molecule is CCNC(C)(CC(C)SCc1ccco1)C(=O)OCC. The van der Waals surface area contributed by atoms with Crippen molar-refractivity contribution in [3.63, 3.8) is 0 Å². The van der Waals surface area contributed by atoms with Crippen LogP contribution in [0, 0.1) is 0 Å². The molecular weight excluding hydrogens is 274 g/mol. The molecule has 0 saturated carbocycles. The van der Waals surface area contributed by atoms with E-state index in [0.717, 1.165) is 24.5 Å². The Bertz CT molecular complexity index is 394. The maximum absolute atomic E-state index is 12.1. The van der Waals surface area contributed by atoms with E-state index in [1.165, 1.54) is 0 Å². The molecule has 0 saturated heterocycles. The quantitative estimate of drug-likeness (QED) is 0.710. The van der Waals surface area contributed by atoms with Crippen LogP contribution in [0.2, 0.25) is 0 Å². The molecule has 0 aliphatic heterocycles. The van der Waals surface area contributed by atoms with Crippen LogP contribution < -0.4 is 5.32 Å². The Morgan fingerprint density at radius 3 is 2.85 bits per heavy atom. The number of furan rings is 1. The fraction of sp³-hybridized carbons (Fsp3) is 0.667. The molecule has 0 spiro atoms. The first kappa shape index (κ1) is 17.1. The van der Waals surface area contributed by atoms with Crippen LogP contribution in [0.15, 0.2) is 22.8 Å². The number of hydrogen-bond acceptors (Lipinski definition) is 5. The second kappa shape index (κ2) is 8.37. The zero-order valence-electron chi connectivity index (χ0n) is 12.8. The normalized spacial score (nSPS) is 15.6. The molecule has 1 heterocycles. The number of thioether (sulfide) groups is 1. The lowest BCUT2D eigenvalue weighted by Gasteiger charge is -2.30. The second-order valence-electron chi connectivity index (χ2n) is 4.99. The van der Waals surface area contributed by atoms with Gasteiger partial charge in [-0.25, -0.2) is 0 Å². The smallest absolute Gasteiger partial charge is 0.326 e. The molecule has 0 amide bonds. The van der Waals surface area contributed by atoms with E-state index in [-0.39, 0.29) is 5.97 Å². The van der Waals surface area contributed by atoms with Gasteiger partial charge in [0.15, 0.2) is 0 Å². The molecule has 114 valence electrons. The minimum absolute atomic E-state index is 0.174. The van der Waals surface area contributed by atoms with Gasteiger partial charge in [-0.1, -0.05) is 13.8 Å². The van der Waals surface area contributed by atoms with Crippen LogP contribution in [0.25, 0.3) is 0 Å². The summed E-state index contributed by atoms with van der Waals surface area (Å²) in [6.45, 7) is 9.02. The van der Waals surface area contributed by atoms with Crippen LogP contribution in [0.3, 0.4) is 0 Å². The molecule has 0 aliphatic rings. The number of hydrogen-bond donors (Lipinski definition) is 1. The molecule has 0 aromatic carbocycles. The van der Waals surface area contributed by atoms with Gasteiger partial charge < -0.3 is 14.5 Å². The Morgan fingerprint density at radius 2 is 2.30 bits per heavy atom. The second-order valence-corrected chi connectivity index (χ2v) is 6.41. The van der Waals surface area contributed by atoms with Crippen LogP contribution in [0.5, 0.6) is 0 Å². The molecule has 5 heteroatoms. The molecule has 1 N–H and O–H groups in total. The molecule has 1 rings (SSSR count). The van der Waals surface area contributed by atoms with Gasteiger partial charge in [-0.2, -0.15) is 11.8 Å². The Morgan fingerprint density at radius 1 is 1.55 bits per heavy atom. The fourth-order valence-electron chi connectivity index (χ4n) is 2.16. The molecule has 20 heavy (non-hydrogen) atoms. The third-order valence-corrected chi connectivity index (χ3v) is 4.27. The standard InChI is InChI=1S/C15H25NO3S/c1-5-16-15(4,14(17)18-6-2)10-12(3)20-11-13-8-7-9-19-13/h7-9,12,16H,5-6,10-11H2,1-4H3. The Labute approximate surface area is 125 Å². The van der Waals surface area contributed by atoms with E-state index in [2.05, 4.69) is 12.2 Å². The van der Waals surface area contributed by atoms with Gasteiger partial charge in [0.05, 0.1) is 18.6 Å². The van der Waals surface area contributed by atoms with E-state index in [9.17, 15) is 4.79 Å². The van der Waals surface area contributed by atoms with Crippen molar-refractivity contribution in [2.75, 3.05) is 13.2 Å². The molecule has 2 atom stereocenters. The van der Waals surface area contributed by atoms with Crippen LogP contribution in [-0.2, 0) is 15.3 Å². The van der Waals surface area contributed by atoms with Gasteiger partial charge in [-0.15, -0.1) is 0 Å². The number of esters is 1. The summed E-state index contributed by atoms with van der Waals surface area (Å²) in [5, 5.41) is 3.58. The van der Waals surface area contributed by atoms with Crippen molar-refractivity contribution < 1.29 is 13.9 Å². The van der Waals surface area contributed by atoms with Crippen LogP contribution in [0.4, 0.5) is 0 Å². The molecule has 1 aromatic heterocycles. The van der Waals surface area contributed by atoms with Crippen LogP contribution >= 0.6 is 11.8 Å². The summed E-state index contributed by atoms with van der Waals surface area (Å²) in [5.41, 5.74) is -0.625. The summed E-state index contributed by atoms with van der Waals surface area (Å²) in [6, 6.07) is 3.86. The Hall–Kier alpha value is -0.940. The van der Waals surface area contributed by atoms with Gasteiger partial charge in [0.25, 0.3) is 0 Å². The third-order valence-electron chi connectivity index (χ3n) is 3.08. The summed E-state index contributed by atoms with van der Waals surface area (Å²) in [6.07, 6.45) is 2.41. The van der Waals surface area contributed by atoms with E-state index < -0.39 is 5.54 Å². The minimum atomic E-state index is -0.625. The topological polar surface area (TPSA) is 51.5 Å². The fourth-order valence-corrected chi connectivity index (χ4v) is 3.23. The van der Waals surface area contributed by atoms with Crippen molar-refractivity contribution in [2.45, 2.75) is 50.7 Å². The number of nitrogens with one attached hydrogen (secondary N) is 1. The summed E-state index contributed by atoms with van der Waals surface area (Å²) < 4.78 is 10.5. The van der Waals surface area contributed by atoms with E-state index >= 15 is 0 Å². The van der Waals surface area contributed by atoms with Crippen molar-refractivity contribution in [1.29, 1.82) is 0 Å². The molecule has 2 unspecified atom stereocenters. The molecule has 0 radical (unpaired) electrons. The van der Waals surface area contributed by atoms with Crippen LogP contribution in [0.1, 0.15) is 39.9 Å². The number of likely N-dealkylation sites (N-methyl/N-ethyl adjacent to an activating group) is 1. The highest BCUT2D eigenvalue weighted by Crippen LogP contribution is 2.26. The maximum Gasteiger partial charge on any atom is 0.326 e. The molecular formula is C15H25NO3S. The number of carbonyl (C=O) groups excluding carboxylic acids is 1. The van der Waals surface area contributed by atoms with E-state index in [1.807, 2.05) is 32.9 Å². The Balaban J connectivity index is 2.53. The van der Waals surface area contributed by atoms with Crippen molar-refractivity contribution in [3.8, 4) is 0 Å². The number of carbonyl (C=O) groups is 1. The van der Waals surface area contributed by atoms with Gasteiger partial charge in [0.1, 0.15) is 11.3 Å². The van der Waals surface area contributed by atoms with E-state index in [1.54, 1.807) is 18.0 Å². The maximum atomic E-state index is 12.1. The van der Waals surface area contributed by atoms with Gasteiger partial charge in [0.2, 0.25) is 0 Å². The predicted octanol–water partition coefficient (Wildman–Crippen LogP) is 3.22. The zero-order chi connectivity index (χ0) is 15.0. The van der Waals surface area contributed by atoms with Gasteiger partial charge in [-0.05, 0) is 38.9 Å². The molecule has 0 aliphatic carbocycles. The zero-order valence-corrected chi connectivity index (χ0v) is 13.6. The monoisotopic (exact) mass is 299 g/mol. The molecule has 0 bridgehead atoms. The van der Waals surface area contributed by atoms with Gasteiger partial charge in [0, 0.05) is 5.25 Å². The highest BCUT2D eigenvalue weighted by atomic mass is 32.2. The lowest BCUT2D eigenvalue weighted by atomic mass is 9.96. The lowest BCUT2D eigenvalue weighted by Crippen LogP contribution is -2.51. The van der Waals surface area contributed by atoms with Crippen molar-refractivity contribution in [3.05, 3.63) is 24.2 Å². The summed E-state index contributed by atoms with van der Waals surface area (Å²) in [5.74, 6) is 1.61. The first-order chi connectivity index (χ1) is 9.51. The van der Waals surface area contributed by atoms with E-state index in [0.29, 0.717) is 11.9 Å². The molecule has 1 aromatic rings. The molecule has 4 nitrogen and oxygen atoms in total. The lowest BCUT2D eigenvalue weighted by molar-refractivity contribution is -0.150. The number of rotatable bonds is 9. The van der Waals surface area contributed by atoms with E-state index in [4.69, 9.17) is 9.15 Å². The summed E-state index contributed by atoms with van der Waals surface area (Å²) in [4.78, 5) is 12.1. The average Bonchev–Trinajstić information content (AvgIpc) is 2.90. The highest BCUT2D eigenvalue weighted by molar-refractivity contribution is 7.99.